The number of rotatable bonds is 7. The van der Waals surface area contributed by atoms with E-state index in [4.69, 9.17) is 11.2 Å². The lowest BCUT2D eigenvalue weighted by molar-refractivity contribution is -0.384. The molecule has 0 atom stereocenters. The molecular formula is C13H16N2O3. The largest absolute Gasteiger partial charge is 0.481 e. The van der Waals surface area contributed by atoms with Gasteiger partial charge in [0, 0.05) is 24.2 Å². The van der Waals surface area contributed by atoms with Crippen molar-refractivity contribution in [1.29, 1.82) is 0 Å². The molecule has 0 aliphatic carbocycles. The Hall–Kier alpha value is -2.06. The number of hydrogen-bond acceptors (Lipinski definition) is 4. The second-order valence-corrected chi connectivity index (χ2v) is 3.72. The summed E-state index contributed by atoms with van der Waals surface area (Å²) in [6, 6.07) is 4.50. The fraction of sp³-hybridized carbons (Fsp3) is 0.385. The Morgan fingerprint density at radius 1 is 1.56 bits per heavy atom. The van der Waals surface area contributed by atoms with Crippen LogP contribution >= 0.6 is 0 Å². The highest BCUT2D eigenvalue weighted by Gasteiger charge is 2.11. The number of nitrogens with one attached hydrogen (secondary N) is 1. The van der Waals surface area contributed by atoms with E-state index in [2.05, 4.69) is 18.2 Å². The fourth-order valence-electron chi connectivity index (χ4n) is 1.48. The van der Waals surface area contributed by atoms with E-state index in [0.29, 0.717) is 12.3 Å². The minimum Gasteiger partial charge on any atom is -0.481 e. The number of benzene rings is 1. The highest BCUT2D eigenvalue weighted by atomic mass is 16.6. The van der Waals surface area contributed by atoms with Crippen LogP contribution < -0.4 is 10.1 Å². The van der Waals surface area contributed by atoms with E-state index in [1.165, 1.54) is 12.1 Å². The first-order valence-corrected chi connectivity index (χ1v) is 5.73. The van der Waals surface area contributed by atoms with Crippen LogP contribution in [0.3, 0.4) is 0 Å². The highest BCUT2D eigenvalue weighted by Crippen LogP contribution is 2.24. The van der Waals surface area contributed by atoms with Gasteiger partial charge >= 0.3 is 0 Å². The summed E-state index contributed by atoms with van der Waals surface area (Å²) in [5.41, 5.74) is 0.796. The van der Waals surface area contributed by atoms with Gasteiger partial charge < -0.3 is 10.1 Å². The van der Waals surface area contributed by atoms with Crippen LogP contribution in [-0.2, 0) is 6.54 Å². The second-order valence-electron chi connectivity index (χ2n) is 3.72. The van der Waals surface area contributed by atoms with Crippen LogP contribution in [-0.4, -0.2) is 18.1 Å². The maximum atomic E-state index is 10.7. The van der Waals surface area contributed by atoms with Crippen molar-refractivity contribution in [3.63, 3.8) is 0 Å². The SMILES string of the molecule is C#CCOc1ccc([N+](=O)[O-])cc1CNCCC. The van der Waals surface area contributed by atoms with Gasteiger partial charge in [0.2, 0.25) is 0 Å². The van der Waals surface area contributed by atoms with Gasteiger partial charge in [-0.05, 0) is 19.0 Å². The smallest absolute Gasteiger partial charge is 0.270 e. The van der Waals surface area contributed by atoms with Gasteiger partial charge in [0.1, 0.15) is 12.4 Å². The zero-order chi connectivity index (χ0) is 13.4. The zero-order valence-corrected chi connectivity index (χ0v) is 10.3. The van der Waals surface area contributed by atoms with Gasteiger partial charge in [-0.15, -0.1) is 6.42 Å². The number of nitro groups is 1. The van der Waals surface area contributed by atoms with Crippen molar-refractivity contribution >= 4 is 5.69 Å². The third-order valence-electron chi connectivity index (χ3n) is 2.31. The zero-order valence-electron chi connectivity index (χ0n) is 10.3. The number of non-ortho nitro benzene ring substituents is 1. The molecule has 0 aliphatic heterocycles. The summed E-state index contributed by atoms with van der Waals surface area (Å²) in [6.45, 7) is 3.57. The minimum absolute atomic E-state index is 0.0522. The summed E-state index contributed by atoms with van der Waals surface area (Å²) in [7, 11) is 0. The molecule has 0 spiro atoms. The van der Waals surface area contributed by atoms with Crippen molar-refractivity contribution in [3.8, 4) is 18.1 Å². The van der Waals surface area contributed by atoms with Crippen LogP contribution in [0.5, 0.6) is 5.75 Å². The van der Waals surface area contributed by atoms with E-state index in [0.717, 1.165) is 18.5 Å². The molecule has 96 valence electrons. The maximum Gasteiger partial charge on any atom is 0.270 e. The predicted octanol–water partition coefficient (Wildman–Crippen LogP) is 2.11. The molecule has 1 rings (SSSR count). The molecule has 1 aromatic carbocycles. The summed E-state index contributed by atoms with van der Waals surface area (Å²) >= 11 is 0. The van der Waals surface area contributed by atoms with Crippen molar-refractivity contribution in [2.45, 2.75) is 19.9 Å². The molecule has 0 bridgehead atoms. The van der Waals surface area contributed by atoms with Gasteiger partial charge in [0.05, 0.1) is 4.92 Å². The summed E-state index contributed by atoms with van der Waals surface area (Å²) in [5, 5.41) is 13.9. The Bertz CT molecular complexity index is 452. The first-order valence-electron chi connectivity index (χ1n) is 5.73. The number of nitrogens with zero attached hydrogens (tertiary/aromatic N) is 1. The first kappa shape index (κ1) is 14.0. The van der Waals surface area contributed by atoms with Crippen LogP contribution in [0.1, 0.15) is 18.9 Å². The third kappa shape index (κ3) is 4.07. The number of nitro benzene ring substituents is 1. The van der Waals surface area contributed by atoms with Gasteiger partial charge in [-0.2, -0.15) is 0 Å². The number of ether oxygens (including phenoxy) is 1. The topological polar surface area (TPSA) is 64.4 Å². The quantitative estimate of drug-likeness (QED) is 0.347. The van der Waals surface area contributed by atoms with Gasteiger partial charge in [0.25, 0.3) is 5.69 Å². The van der Waals surface area contributed by atoms with Crippen molar-refractivity contribution in [2.75, 3.05) is 13.2 Å². The van der Waals surface area contributed by atoms with Gasteiger partial charge in [-0.3, -0.25) is 10.1 Å². The average molecular weight is 248 g/mol. The van der Waals surface area contributed by atoms with E-state index in [1.807, 2.05) is 0 Å². The van der Waals surface area contributed by atoms with Gasteiger partial charge in [-0.1, -0.05) is 12.8 Å². The first-order chi connectivity index (χ1) is 8.69. The van der Waals surface area contributed by atoms with Gasteiger partial charge in [0.15, 0.2) is 0 Å². The fourth-order valence-corrected chi connectivity index (χ4v) is 1.48. The number of terminal acetylenes is 1. The van der Waals surface area contributed by atoms with Crippen molar-refractivity contribution < 1.29 is 9.66 Å². The Labute approximate surface area is 106 Å². The average Bonchev–Trinajstić information content (AvgIpc) is 2.37. The van der Waals surface area contributed by atoms with Crippen LogP contribution in [0.25, 0.3) is 0 Å². The maximum absolute atomic E-state index is 10.7. The summed E-state index contributed by atoms with van der Waals surface area (Å²) < 4.78 is 5.35. The number of hydrogen-bond donors (Lipinski definition) is 1. The third-order valence-corrected chi connectivity index (χ3v) is 2.31. The highest BCUT2D eigenvalue weighted by molar-refractivity contribution is 5.43. The lowest BCUT2D eigenvalue weighted by Crippen LogP contribution is -2.15. The van der Waals surface area contributed by atoms with Crippen LogP contribution in [0.15, 0.2) is 18.2 Å². The van der Waals surface area contributed by atoms with Crippen LogP contribution in [0.4, 0.5) is 5.69 Å². The lowest BCUT2D eigenvalue weighted by Gasteiger charge is -2.10. The summed E-state index contributed by atoms with van der Waals surface area (Å²) in [5.74, 6) is 2.96. The molecule has 0 saturated heterocycles. The van der Waals surface area contributed by atoms with E-state index in [9.17, 15) is 10.1 Å². The van der Waals surface area contributed by atoms with Crippen molar-refractivity contribution in [2.24, 2.45) is 0 Å². The second kappa shape index (κ2) is 7.30. The van der Waals surface area contributed by atoms with Crippen LogP contribution in [0, 0.1) is 22.5 Å². The Balaban J connectivity index is 2.87. The van der Waals surface area contributed by atoms with E-state index in [-0.39, 0.29) is 12.3 Å². The molecular weight excluding hydrogens is 232 g/mol. The Morgan fingerprint density at radius 2 is 2.33 bits per heavy atom. The standard InChI is InChI=1S/C13H16N2O3/c1-3-7-14-10-11-9-12(15(16)17)5-6-13(11)18-8-4-2/h2,5-6,9,14H,3,7-8,10H2,1H3. The molecule has 0 amide bonds. The van der Waals surface area contributed by atoms with E-state index < -0.39 is 4.92 Å². The van der Waals surface area contributed by atoms with Crippen LogP contribution in [0.2, 0.25) is 0 Å². The Morgan fingerprint density at radius 3 is 2.94 bits per heavy atom. The van der Waals surface area contributed by atoms with E-state index in [1.54, 1.807) is 6.07 Å². The molecule has 5 heteroatoms. The minimum atomic E-state index is -0.422. The van der Waals surface area contributed by atoms with Crippen molar-refractivity contribution in [3.05, 3.63) is 33.9 Å². The molecule has 0 saturated carbocycles. The lowest BCUT2D eigenvalue weighted by atomic mass is 10.1. The summed E-state index contributed by atoms with van der Waals surface area (Å²) in [4.78, 5) is 10.3. The molecule has 1 aromatic rings. The monoisotopic (exact) mass is 248 g/mol. The molecule has 1 N–H and O–H groups in total. The molecule has 0 aromatic heterocycles. The normalized spacial score (nSPS) is 9.78. The van der Waals surface area contributed by atoms with Crippen molar-refractivity contribution in [1.82, 2.24) is 5.32 Å². The molecule has 0 heterocycles. The molecule has 5 nitrogen and oxygen atoms in total. The Kier molecular flexibility index (Phi) is 5.68. The molecule has 0 unspecified atom stereocenters. The van der Waals surface area contributed by atoms with Gasteiger partial charge in [-0.25, -0.2) is 0 Å². The van der Waals surface area contributed by atoms with E-state index >= 15 is 0 Å². The molecule has 18 heavy (non-hydrogen) atoms. The molecule has 0 aliphatic rings. The predicted molar refractivity (Wildman–Crippen MR) is 69.4 cm³/mol. The molecule has 0 fully saturated rings. The summed E-state index contributed by atoms with van der Waals surface area (Å²) in [6.07, 6.45) is 6.12. The molecule has 0 radical (unpaired) electrons.